The summed E-state index contributed by atoms with van der Waals surface area (Å²) in [5.74, 6) is 1.06. The van der Waals surface area contributed by atoms with Crippen LogP contribution in [0.4, 0.5) is 0 Å². The third-order valence-corrected chi connectivity index (χ3v) is 0.803. The highest BCUT2D eigenvalue weighted by Gasteiger charge is 2.33. The van der Waals surface area contributed by atoms with Crippen LogP contribution in [0.25, 0.3) is 0 Å². The molecule has 2 aliphatic heterocycles. The van der Waals surface area contributed by atoms with Crippen LogP contribution in [0.1, 0.15) is 0 Å². The Bertz CT molecular complexity index is 93.1. The van der Waals surface area contributed by atoms with Gasteiger partial charge in [-0.2, -0.15) is 0 Å². The Kier molecular flexibility index (Phi) is 0.0810. The van der Waals surface area contributed by atoms with Crippen molar-refractivity contribution in [1.29, 1.82) is 0 Å². The van der Waals surface area contributed by atoms with Crippen molar-refractivity contribution < 1.29 is 0 Å². The van der Waals surface area contributed by atoms with E-state index >= 15 is 0 Å². The average molecular weight is 69.1 g/mol. The van der Waals surface area contributed by atoms with E-state index in [0.29, 0.717) is 0 Å². The minimum absolute atomic E-state index is 0.870. The van der Waals surface area contributed by atoms with Crippen molar-refractivity contribution in [2.75, 3.05) is 6.67 Å². The summed E-state index contributed by atoms with van der Waals surface area (Å²) in [5.41, 5.74) is 2.89. The topological polar surface area (TPSA) is 37.3 Å². The van der Waals surface area contributed by atoms with Gasteiger partial charge >= 0.3 is 0 Å². The lowest BCUT2D eigenvalue weighted by molar-refractivity contribution is 0.533. The van der Waals surface area contributed by atoms with Crippen molar-refractivity contribution in [2.24, 2.45) is 4.99 Å². The van der Waals surface area contributed by atoms with Gasteiger partial charge in [0.2, 0.25) is 5.96 Å². The highest BCUT2D eigenvalue weighted by Crippen LogP contribution is 2.09. The van der Waals surface area contributed by atoms with Crippen molar-refractivity contribution in [3.8, 4) is 0 Å². The number of aliphatic imine (C=N–C) groups is 1. The Balaban J connectivity index is 2.58. The molecular formula is C2H3N3. The lowest BCUT2D eigenvalue weighted by Crippen LogP contribution is -2.07. The van der Waals surface area contributed by atoms with Crippen LogP contribution in [-0.2, 0) is 0 Å². The van der Waals surface area contributed by atoms with E-state index in [9.17, 15) is 0 Å². The number of nitrogens with zero attached hydrogens (tertiary/aromatic N) is 2. The van der Waals surface area contributed by atoms with Crippen LogP contribution >= 0.6 is 0 Å². The summed E-state index contributed by atoms with van der Waals surface area (Å²) in [6, 6.07) is 0. The minimum Gasteiger partial charge on any atom is -0.262 e. The molecule has 0 aromatic carbocycles. The van der Waals surface area contributed by atoms with Crippen LogP contribution in [0.2, 0.25) is 0 Å². The molecule has 2 aliphatic rings. The maximum Gasteiger partial charge on any atom is 0.236 e. The van der Waals surface area contributed by atoms with Gasteiger partial charge in [0.05, 0.1) is 0 Å². The predicted octanol–water partition coefficient (Wildman–Crippen LogP) is -0.866. The summed E-state index contributed by atoms with van der Waals surface area (Å²) in [5, 5.41) is 1.97. The van der Waals surface area contributed by atoms with Crippen LogP contribution < -0.4 is 5.43 Å². The fourth-order valence-corrected chi connectivity index (χ4v) is 0.379. The second-order valence-corrected chi connectivity index (χ2v) is 1.16. The number of rotatable bonds is 0. The third kappa shape index (κ3) is 0.0500. The summed E-state index contributed by atoms with van der Waals surface area (Å²) in [6.07, 6.45) is 0. The monoisotopic (exact) mass is 69.0 g/mol. The van der Waals surface area contributed by atoms with Gasteiger partial charge in [-0.1, -0.05) is 0 Å². The second kappa shape index (κ2) is 0.246. The largest absolute Gasteiger partial charge is 0.262 e. The summed E-state index contributed by atoms with van der Waals surface area (Å²) in [6.45, 7) is 0.870. The Hall–Kier alpha value is -0.730. The summed E-state index contributed by atoms with van der Waals surface area (Å²) < 4.78 is 0. The van der Waals surface area contributed by atoms with Crippen molar-refractivity contribution in [3.05, 3.63) is 0 Å². The zero-order valence-electron chi connectivity index (χ0n) is 2.60. The Morgan fingerprint density at radius 1 is 2.00 bits per heavy atom. The molecule has 1 fully saturated rings. The molecule has 0 amide bonds. The fraction of sp³-hybridized carbons (Fsp3) is 0.500. The summed E-state index contributed by atoms with van der Waals surface area (Å²) in [7, 11) is 0. The summed E-state index contributed by atoms with van der Waals surface area (Å²) >= 11 is 0. The number of fused-ring (bicyclic) bond motifs is 1. The Morgan fingerprint density at radius 3 is 2.80 bits per heavy atom. The van der Waals surface area contributed by atoms with E-state index in [1.165, 1.54) is 0 Å². The number of hydrogen-bond donors (Lipinski definition) is 1. The smallest absolute Gasteiger partial charge is 0.236 e. The fourth-order valence-electron chi connectivity index (χ4n) is 0.379. The molecule has 1 saturated heterocycles. The van der Waals surface area contributed by atoms with Crippen molar-refractivity contribution in [1.82, 2.24) is 10.4 Å². The molecule has 5 heavy (non-hydrogen) atoms. The molecular weight excluding hydrogens is 66.0 g/mol. The predicted molar refractivity (Wildman–Crippen MR) is 17.3 cm³/mol. The van der Waals surface area contributed by atoms with E-state index in [2.05, 4.69) is 10.4 Å². The first-order valence-electron chi connectivity index (χ1n) is 1.55. The quantitative estimate of drug-likeness (QED) is 0.375. The molecule has 3 heteroatoms. The zero-order valence-corrected chi connectivity index (χ0v) is 2.60. The van der Waals surface area contributed by atoms with E-state index in [0.717, 1.165) is 12.6 Å². The van der Waals surface area contributed by atoms with E-state index in [1.807, 2.05) is 5.01 Å². The van der Waals surface area contributed by atoms with E-state index in [1.54, 1.807) is 0 Å². The zero-order chi connectivity index (χ0) is 3.28. The molecule has 0 aromatic heterocycles. The maximum absolute atomic E-state index is 3.88. The van der Waals surface area contributed by atoms with Crippen LogP contribution in [0.3, 0.4) is 0 Å². The lowest BCUT2D eigenvalue weighted by atomic mass is 10.9. The van der Waals surface area contributed by atoms with Crippen LogP contribution in [0, 0.1) is 0 Å². The molecule has 2 rings (SSSR count). The van der Waals surface area contributed by atoms with Crippen LogP contribution in [0.15, 0.2) is 4.99 Å². The van der Waals surface area contributed by atoms with Crippen molar-refractivity contribution in [3.63, 3.8) is 0 Å². The Morgan fingerprint density at radius 2 is 2.80 bits per heavy atom. The second-order valence-electron chi connectivity index (χ2n) is 1.16. The molecule has 0 aromatic rings. The standard InChI is InChI=1S/C2H3N3/c1-3-2-4-5(1)2/h1H2,(H,3,4). The molecule has 1 N–H and O–H groups in total. The Labute approximate surface area is 29.3 Å². The highest BCUT2D eigenvalue weighted by atomic mass is 15.8. The van der Waals surface area contributed by atoms with Crippen molar-refractivity contribution >= 4 is 5.96 Å². The molecule has 2 heterocycles. The third-order valence-electron chi connectivity index (χ3n) is 0.803. The number of hydrazine groups is 1. The van der Waals surface area contributed by atoms with Crippen LogP contribution in [-0.4, -0.2) is 17.6 Å². The van der Waals surface area contributed by atoms with Gasteiger partial charge in [0, 0.05) is 0 Å². The first-order valence-corrected chi connectivity index (χ1v) is 1.55. The molecule has 0 spiro atoms. The van der Waals surface area contributed by atoms with Gasteiger partial charge in [0.25, 0.3) is 0 Å². The van der Waals surface area contributed by atoms with E-state index in [-0.39, 0.29) is 0 Å². The molecule has 26 valence electrons. The maximum atomic E-state index is 3.88. The van der Waals surface area contributed by atoms with E-state index < -0.39 is 0 Å². The normalized spacial score (nSPS) is 25.6. The number of nitrogens with one attached hydrogen (secondary N) is 1. The molecule has 0 unspecified atom stereocenters. The lowest BCUT2D eigenvalue weighted by Gasteiger charge is -1.92. The average Bonchev–Trinajstić information content (AvgIpc) is 1.74. The first kappa shape index (κ1) is 1.64. The molecule has 0 radical (unpaired) electrons. The first-order chi connectivity index (χ1) is 2.47. The van der Waals surface area contributed by atoms with Gasteiger partial charge in [0.1, 0.15) is 6.67 Å². The summed E-state index contributed by atoms with van der Waals surface area (Å²) in [4.78, 5) is 3.88. The van der Waals surface area contributed by atoms with Gasteiger partial charge in [-0.3, -0.25) is 5.43 Å². The molecule has 0 aliphatic carbocycles. The molecule has 0 atom stereocenters. The van der Waals surface area contributed by atoms with Gasteiger partial charge in [-0.25, -0.2) is 10.0 Å². The van der Waals surface area contributed by atoms with Gasteiger partial charge < -0.3 is 0 Å². The number of hydrogen-bond acceptors (Lipinski definition) is 3. The minimum atomic E-state index is 0.870. The van der Waals surface area contributed by atoms with Gasteiger partial charge in [-0.15, -0.1) is 0 Å². The molecule has 0 saturated carbocycles. The SMILES string of the molecule is C1N=C2NN12. The van der Waals surface area contributed by atoms with Gasteiger partial charge in [0.15, 0.2) is 0 Å². The molecule has 3 nitrogen and oxygen atoms in total. The van der Waals surface area contributed by atoms with E-state index in [4.69, 9.17) is 0 Å². The number of guanidine groups is 1. The van der Waals surface area contributed by atoms with Gasteiger partial charge in [-0.05, 0) is 0 Å². The van der Waals surface area contributed by atoms with Crippen molar-refractivity contribution in [2.45, 2.75) is 0 Å². The molecule has 0 bridgehead atoms. The van der Waals surface area contributed by atoms with Crippen LogP contribution in [0.5, 0.6) is 0 Å². The highest BCUT2D eigenvalue weighted by molar-refractivity contribution is 5.94.